The molecule has 0 aliphatic heterocycles. The fraction of sp³-hybridized carbons (Fsp3) is 0. The van der Waals surface area contributed by atoms with Crippen LogP contribution in [0.4, 0.5) is 0 Å². The normalized spacial score (nSPS) is 11.3. The fourth-order valence-electron chi connectivity index (χ4n) is 3.80. The summed E-state index contributed by atoms with van der Waals surface area (Å²) in [4.78, 5) is 0. The second-order valence-electron chi connectivity index (χ2n) is 6.33. The lowest BCUT2D eigenvalue weighted by Crippen LogP contribution is -2.75. The van der Waals surface area contributed by atoms with Crippen LogP contribution < -0.4 is 20.7 Å². The third-order valence-corrected chi connectivity index (χ3v) is 10.2. The van der Waals surface area contributed by atoms with E-state index in [1.54, 1.807) is 0 Å². The van der Waals surface area contributed by atoms with Crippen LogP contribution in [0, 0.1) is 0 Å². The van der Waals surface area contributed by atoms with Gasteiger partial charge in [0.25, 0.3) is 0 Å². The number of hydrogen-bond donors (Lipinski definition) is 0. The fourth-order valence-corrected chi connectivity index (χ4v) is 9.16. The van der Waals surface area contributed by atoms with E-state index in [0.29, 0.717) is 0 Å². The minimum absolute atomic E-state index is 0.829. The van der Waals surface area contributed by atoms with Crippen molar-refractivity contribution in [3.05, 3.63) is 120 Å². The van der Waals surface area contributed by atoms with Crippen LogP contribution in [0.3, 0.4) is 0 Å². The van der Waals surface area contributed by atoms with E-state index < -0.39 is 8.07 Å². The van der Waals surface area contributed by atoms with Gasteiger partial charge in [0, 0.05) is 5.02 Å². The summed E-state index contributed by atoms with van der Waals surface area (Å²) >= 11 is 6.79. The van der Waals surface area contributed by atoms with Gasteiger partial charge >= 0.3 is 0 Å². The van der Waals surface area contributed by atoms with Crippen molar-refractivity contribution >= 4 is 40.4 Å². The Labute approximate surface area is 160 Å². The van der Waals surface area contributed by atoms with Crippen molar-refractivity contribution in [2.24, 2.45) is 0 Å². The maximum absolute atomic E-state index is 6.79. The van der Waals surface area contributed by atoms with E-state index in [1.165, 1.54) is 20.7 Å². The summed E-state index contributed by atoms with van der Waals surface area (Å²) in [6.07, 6.45) is 0. The molecule has 0 spiro atoms. The zero-order chi connectivity index (χ0) is 17.8. The second kappa shape index (κ2) is 7.33. The molecule has 0 atom stereocenters. The number of halogens is 1. The monoisotopic (exact) mass is 370 g/mol. The van der Waals surface area contributed by atoms with Crippen molar-refractivity contribution < 1.29 is 0 Å². The predicted molar refractivity (Wildman–Crippen MR) is 115 cm³/mol. The standard InChI is InChI=1S/C24H19ClSi/c25-23-18-10-11-19-24(23)26(20-12-4-1-5-13-20,21-14-6-2-7-15-21)22-16-8-3-9-17-22/h1-19H. The van der Waals surface area contributed by atoms with Crippen molar-refractivity contribution in [2.45, 2.75) is 0 Å². The molecular formula is C24H19ClSi. The van der Waals surface area contributed by atoms with Crippen molar-refractivity contribution in [3.63, 3.8) is 0 Å². The van der Waals surface area contributed by atoms with Crippen molar-refractivity contribution in [2.75, 3.05) is 0 Å². The molecule has 4 aromatic rings. The number of hydrogen-bond acceptors (Lipinski definition) is 0. The summed E-state index contributed by atoms with van der Waals surface area (Å²) in [6, 6.07) is 40.8. The molecule has 0 saturated heterocycles. The Morgan fingerprint density at radius 1 is 0.423 bits per heavy atom. The maximum atomic E-state index is 6.79. The van der Waals surface area contributed by atoms with Crippen LogP contribution in [0.2, 0.25) is 5.02 Å². The van der Waals surface area contributed by atoms with Gasteiger partial charge in [0.05, 0.1) is 0 Å². The molecule has 26 heavy (non-hydrogen) atoms. The third-order valence-electron chi connectivity index (χ3n) is 4.90. The van der Waals surface area contributed by atoms with E-state index in [9.17, 15) is 0 Å². The van der Waals surface area contributed by atoms with Gasteiger partial charge < -0.3 is 0 Å². The molecule has 2 heteroatoms. The molecule has 0 nitrogen and oxygen atoms in total. The van der Waals surface area contributed by atoms with E-state index in [4.69, 9.17) is 11.6 Å². The molecule has 0 aliphatic rings. The van der Waals surface area contributed by atoms with Crippen LogP contribution in [0.1, 0.15) is 0 Å². The molecule has 126 valence electrons. The highest BCUT2D eigenvalue weighted by Crippen LogP contribution is 2.14. The van der Waals surface area contributed by atoms with Crippen LogP contribution in [0.5, 0.6) is 0 Å². The Morgan fingerprint density at radius 2 is 0.769 bits per heavy atom. The van der Waals surface area contributed by atoms with Gasteiger partial charge in [-0.1, -0.05) is 121 Å². The molecule has 0 saturated carbocycles. The van der Waals surface area contributed by atoms with Crippen LogP contribution in [0.25, 0.3) is 0 Å². The van der Waals surface area contributed by atoms with Gasteiger partial charge in [-0.25, -0.2) is 0 Å². The van der Waals surface area contributed by atoms with Gasteiger partial charge in [-0.3, -0.25) is 0 Å². The highest BCUT2D eigenvalue weighted by molar-refractivity contribution is 7.20. The summed E-state index contributed by atoms with van der Waals surface area (Å²) in [7, 11) is -2.48. The molecule has 0 aliphatic carbocycles. The predicted octanol–water partition coefficient (Wildman–Crippen LogP) is 3.72. The van der Waals surface area contributed by atoms with E-state index >= 15 is 0 Å². The third kappa shape index (κ3) is 2.80. The number of benzene rings is 4. The summed E-state index contributed by atoms with van der Waals surface area (Å²) in [5.74, 6) is 0. The average Bonchev–Trinajstić information content (AvgIpc) is 2.72. The summed E-state index contributed by atoms with van der Waals surface area (Å²) in [5, 5.41) is 6.07. The summed E-state index contributed by atoms with van der Waals surface area (Å²) < 4.78 is 0. The highest BCUT2D eigenvalue weighted by Gasteiger charge is 2.42. The lowest BCUT2D eigenvalue weighted by Gasteiger charge is -2.35. The molecule has 0 aromatic heterocycles. The smallest absolute Gasteiger partial charge is 0.0844 e. The molecule has 0 heterocycles. The lowest BCUT2D eigenvalue weighted by atomic mass is 10.3. The van der Waals surface area contributed by atoms with Crippen molar-refractivity contribution in [1.82, 2.24) is 0 Å². The molecular weight excluding hydrogens is 352 g/mol. The highest BCUT2D eigenvalue weighted by atomic mass is 35.5. The van der Waals surface area contributed by atoms with E-state index in [1.807, 2.05) is 12.1 Å². The number of rotatable bonds is 4. The van der Waals surface area contributed by atoms with Gasteiger partial charge in [-0.2, -0.15) is 0 Å². The second-order valence-corrected chi connectivity index (χ2v) is 10.5. The molecule has 4 rings (SSSR count). The summed E-state index contributed by atoms with van der Waals surface area (Å²) in [5.41, 5.74) is 0. The summed E-state index contributed by atoms with van der Waals surface area (Å²) in [6.45, 7) is 0. The minimum atomic E-state index is -2.48. The quantitative estimate of drug-likeness (QED) is 0.379. The Hall–Kier alpha value is -2.61. The molecule has 0 fully saturated rings. The van der Waals surface area contributed by atoms with Gasteiger partial charge in [-0.15, -0.1) is 0 Å². The van der Waals surface area contributed by atoms with E-state index in [2.05, 4.69) is 103 Å². The van der Waals surface area contributed by atoms with Crippen molar-refractivity contribution in [3.8, 4) is 0 Å². The Balaban J connectivity index is 2.17. The Kier molecular flexibility index (Phi) is 4.74. The van der Waals surface area contributed by atoms with Crippen LogP contribution in [-0.4, -0.2) is 8.07 Å². The zero-order valence-corrected chi connectivity index (χ0v) is 16.1. The first-order valence-corrected chi connectivity index (χ1v) is 11.1. The molecule has 0 radical (unpaired) electrons. The van der Waals surface area contributed by atoms with Crippen LogP contribution in [0.15, 0.2) is 115 Å². The van der Waals surface area contributed by atoms with Crippen LogP contribution >= 0.6 is 11.6 Å². The molecule has 0 amide bonds. The molecule has 0 unspecified atom stereocenters. The SMILES string of the molecule is Clc1ccccc1[Si](c1ccccc1)(c1ccccc1)c1ccccc1. The first-order chi connectivity index (χ1) is 12.8. The van der Waals surface area contributed by atoms with Gasteiger partial charge in [0.15, 0.2) is 8.07 Å². The average molecular weight is 371 g/mol. The first-order valence-electron chi connectivity index (χ1n) is 8.75. The molecule has 0 N–H and O–H groups in total. The largest absolute Gasteiger partial charge is 0.181 e. The molecule has 4 aromatic carbocycles. The topological polar surface area (TPSA) is 0 Å². The van der Waals surface area contributed by atoms with Crippen LogP contribution in [-0.2, 0) is 0 Å². The Bertz CT molecular complexity index is 885. The zero-order valence-electron chi connectivity index (χ0n) is 14.3. The maximum Gasteiger partial charge on any atom is 0.181 e. The van der Waals surface area contributed by atoms with Gasteiger partial charge in [0.1, 0.15) is 0 Å². The minimum Gasteiger partial charge on any atom is -0.0844 e. The Morgan fingerprint density at radius 3 is 1.15 bits per heavy atom. The van der Waals surface area contributed by atoms with Gasteiger partial charge in [0.2, 0.25) is 0 Å². The lowest BCUT2D eigenvalue weighted by molar-refractivity contribution is 1.66. The van der Waals surface area contributed by atoms with E-state index in [0.717, 1.165) is 5.02 Å². The van der Waals surface area contributed by atoms with Crippen molar-refractivity contribution in [1.29, 1.82) is 0 Å². The van der Waals surface area contributed by atoms with Gasteiger partial charge in [-0.05, 0) is 26.8 Å². The first kappa shape index (κ1) is 16.8. The molecule has 0 bridgehead atoms. The van der Waals surface area contributed by atoms with E-state index in [-0.39, 0.29) is 0 Å².